The number of thioether (sulfide) groups is 1. The van der Waals surface area contributed by atoms with Crippen molar-refractivity contribution in [3.05, 3.63) is 33.7 Å². The molecule has 0 aliphatic heterocycles. The Morgan fingerprint density at radius 2 is 2.21 bits per heavy atom. The zero-order valence-electron chi connectivity index (χ0n) is 9.69. The normalized spacial score (nSPS) is 11.0. The third-order valence-electron chi connectivity index (χ3n) is 2.48. The summed E-state index contributed by atoms with van der Waals surface area (Å²) in [5, 5.41) is 14.4. The molecule has 0 spiro atoms. The number of furan rings is 1. The molecule has 0 unspecified atom stereocenters. The Labute approximate surface area is 115 Å². The second-order valence-electron chi connectivity index (χ2n) is 3.59. The predicted molar refractivity (Wildman–Crippen MR) is 73.6 cm³/mol. The molecular weight excluding hydrogens is 286 g/mol. The van der Waals surface area contributed by atoms with Crippen molar-refractivity contribution in [2.75, 3.05) is 6.26 Å². The van der Waals surface area contributed by atoms with Crippen LogP contribution in [0.1, 0.15) is 0 Å². The fourth-order valence-corrected chi connectivity index (χ4v) is 3.03. The van der Waals surface area contributed by atoms with Gasteiger partial charge in [-0.2, -0.15) is 0 Å². The van der Waals surface area contributed by atoms with E-state index in [1.165, 1.54) is 35.2 Å². The minimum atomic E-state index is -0.581. The first kappa shape index (κ1) is 12.1. The smallest absolute Gasteiger partial charge is 0.397 e. The summed E-state index contributed by atoms with van der Waals surface area (Å²) in [6.45, 7) is 0. The van der Waals surface area contributed by atoms with Crippen molar-refractivity contribution >= 4 is 39.2 Å². The van der Waals surface area contributed by atoms with E-state index in [1.807, 2.05) is 17.7 Å². The van der Waals surface area contributed by atoms with E-state index in [1.54, 1.807) is 0 Å². The summed E-state index contributed by atoms with van der Waals surface area (Å²) < 4.78 is 5.13. The molecule has 0 bridgehead atoms. The maximum Gasteiger partial charge on any atom is 0.433 e. The van der Waals surface area contributed by atoms with E-state index in [4.69, 9.17) is 4.42 Å². The van der Waals surface area contributed by atoms with Gasteiger partial charge in [-0.05, 0) is 23.8 Å². The fraction of sp³-hybridized carbons (Fsp3) is 0.0909. The van der Waals surface area contributed by atoms with E-state index in [0.717, 1.165) is 15.2 Å². The molecule has 3 aromatic rings. The van der Waals surface area contributed by atoms with Gasteiger partial charge in [-0.15, -0.1) is 23.1 Å². The average molecular weight is 293 g/mol. The lowest BCUT2D eigenvalue weighted by Crippen LogP contribution is -1.90. The zero-order valence-corrected chi connectivity index (χ0v) is 11.3. The Balaban J connectivity index is 2.15. The molecule has 0 saturated heterocycles. The molecule has 0 aromatic carbocycles. The van der Waals surface area contributed by atoms with Crippen molar-refractivity contribution in [1.82, 2.24) is 9.97 Å². The lowest BCUT2D eigenvalue weighted by Gasteiger charge is -2.00. The molecule has 96 valence electrons. The fourth-order valence-electron chi connectivity index (χ4n) is 1.64. The molecule has 8 heteroatoms. The first-order valence-electron chi connectivity index (χ1n) is 5.23. The Morgan fingerprint density at radius 3 is 2.89 bits per heavy atom. The van der Waals surface area contributed by atoms with Gasteiger partial charge in [0.15, 0.2) is 11.6 Å². The standard InChI is InChI=1S/C11H7N3O3S2/c1-18-10-6-4-5-19-11(6)13-9(12-10)7-2-3-8(17-7)14(15)16/h2-5H,1H3. The number of thiophene rings is 1. The van der Waals surface area contributed by atoms with Crippen LogP contribution in [0, 0.1) is 10.1 Å². The Morgan fingerprint density at radius 1 is 1.37 bits per heavy atom. The van der Waals surface area contributed by atoms with Gasteiger partial charge >= 0.3 is 5.88 Å². The molecule has 0 fully saturated rings. The van der Waals surface area contributed by atoms with E-state index in [2.05, 4.69) is 9.97 Å². The molecule has 19 heavy (non-hydrogen) atoms. The lowest BCUT2D eigenvalue weighted by atomic mass is 10.4. The molecule has 0 saturated carbocycles. The summed E-state index contributed by atoms with van der Waals surface area (Å²) in [7, 11) is 0. The molecule has 0 aliphatic rings. The van der Waals surface area contributed by atoms with Crippen molar-refractivity contribution < 1.29 is 9.34 Å². The largest absolute Gasteiger partial charge is 0.433 e. The second-order valence-corrected chi connectivity index (χ2v) is 5.28. The number of nitrogens with zero attached hydrogens (tertiary/aromatic N) is 3. The first-order chi connectivity index (χ1) is 9.19. The molecule has 0 aliphatic carbocycles. The Bertz CT molecular complexity index is 765. The van der Waals surface area contributed by atoms with Gasteiger partial charge in [0.25, 0.3) is 0 Å². The summed E-state index contributed by atoms with van der Waals surface area (Å²) in [6, 6.07) is 4.77. The predicted octanol–water partition coefficient (Wildman–Crippen LogP) is 3.58. The highest BCUT2D eigenvalue weighted by Gasteiger charge is 2.17. The summed E-state index contributed by atoms with van der Waals surface area (Å²) in [5.74, 6) is 0.361. The van der Waals surface area contributed by atoms with Crippen LogP contribution in [-0.2, 0) is 0 Å². The van der Waals surface area contributed by atoms with Gasteiger partial charge in [0.1, 0.15) is 14.8 Å². The van der Waals surface area contributed by atoms with Crippen LogP contribution in [0.5, 0.6) is 0 Å². The van der Waals surface area contributed by atoms with Gasteiger partial charge in [0.05, 0.1) is 6.07 Å². The minimum Gasteiger partial charge on any atom is -0.397 e. The number of rotatable bonds is 3. The monoisotopic (exact) mass is 293 g/mol. The van der Waals surface area contributed by atoms with Crippen molar-refractivity contribution in [2.45, 2.75) is 5.03 Å². The molecule has 3 aromatic heterocycles. The van der Waals surface area contributed by atoms with E-state index < -0.39 is 4.92 Å². The number of hydrogen-bond donors (Lipinski definition) is 0. The number of aromatic nitrogens is 2. The number of fused-ring (bicyclic) bond motifs is 1. The summed E-state index contributed by atoms with van der Waals surface area (Å²) >= 11 is 3.00. The summed E-state index contributed by atoms with van der Waals surface area (Å²) in [6.07, 6.45) is 1.92. The van der Waals surface area contributed by atoms with Gasteiger partial charge < -0.3 is 4.42 Å². The van der Waals surface area contributed by atoms with Crippen LogP contribution in [0.2, 0.25) is 0 Å². The molecule has 3 rings (SSSR count). The highest BCUT2D eigenvalue weighted by atomic mass is 32.2. The van der Waals surface area contributed by atoms with E-state index in [-0.39, 0.29) is 5.88 Å². The zero-order chi connectivity index (χ0) is 13.4. The molecule has 0 radical (unpaired) electrons. The van der Waals surface area contributed by atoms with Gasteiger partial charge in [-0.1, -0.05) is 0 Å². The summed E-state index contributed by atoms with van der Waals surface area (Å²) in [5.41, 5.74) is 0. The average Bonchev–Trinajstić information content (AvgIpc) is 3.05. The topological polar surface area (TPSA) is 82.1 Å². The third-order valence-corrected chi connectivity index (χ3v) is 3.98. The molecular formula is C11H7N3O3S2. The van der Waals surface area contributed by atoms with Crippen LogP contribution in [0.3, 0.4) is 0 Å². The Kier molecular flexibility index (Phi) is 2.96. The van der Waals surface area contributed by atoms with Crippen LogP contribution in [0.15, 0.2) is 33.0 Å². The maximum atomic E-state index is 10.6. The van der Waals surface area contributed by atoms with Crippen molar-refractivity contribution in [3.63, 3.8) is 0 Å². The highest BCUT2D eigenvalue weighted by molar-refractivity contribution is 7.98. The lowest BCUT2D eigenvalue weighted by molar-refractivity contribution is -0.401. The van der Waals surface area contributed by atoms with Crippen molar-refractivity contribution in [3.8, 4) is 11.6 Å². The Hall–Kier alpha value is -1.93. The van der Waals surface area contributed by atoms with E-state index in [0.29, 0.717) is 11.6 Å². The quantitative estimate of drug-likeness (QED) is 0.318. The second kappa shape index (κ2) is 4.63. The third kappa shape index (κ3) is 2.08. The van der Waals surface area contributed by atoms with Crippen LogP contribution in [0.25, 0.3) is 21.8 Å². The van der Waals surface area contributed by atoms with Crippen molar-refractivity contribution in [2.24, 2.45) is 0 Å². The molecule has 0 N–H and O–H groups in total. The van der Waals surface area contributed by atoms with Crippen LogP contribution in [-0.4, -0.2) is 21.1 Å². The van der Waals surface area contributed by atoms with Crippen LogP contribution in [0.4, 0.5) is 5.88 Å². The van der Waals surface area contributed by atoms with Gasteiger partial charge in [0, 0.05) is 5.39 Å². The minimum absolute atomic E-state index is 0.303. The SMILES string of the molecule is CSc1nc(-c2ccc([N+](=O)[O-])o2)nc2sccc12. The van der Waals surface area contributed by atoms with E-state index in [9.17, 15) is 10.1 Å². The molecule has 0 atom stereocenters. The van der Waals surface area contributed by atoms with Crippen LogP contribution >= 0.6 is 23.1 Å². The summed E-state index contributed by atoms with van der Waals surface area (Å²) in [4.78, 5) is 19.6. The molecule has 3 heterocycles. The number of hydrogen-bond acceptors (Lipinski definition) is 7. The molecule has 0 amide bonds. The van der Waals surface area contributed by atoms with Crippen molar-refractivity contribution in [1.29, 1.82) is 0 Å². The van der Waals surface area contributed by atoms with Crippen LogP contribution < -0.4 is 0 Å². The molecule has 6 nitrogen and oxygen atoms in total. The van der Waals surface area contributed by atoms with Gasteiger partial charge in [0.2, 0.25) is 0 Å². The first-order valence-corrected chi connectivity index (χ1v) is 7.33. The maximum absolute atomic E-state index is 10.6. The highest BCUT2D eigenvalue weighted by Crippen LogP contribution is 2.31. The van der Waals surface area contributed by atoms with E-state index >= 15 is 0 Å². The van der Waals surface area contributed by atoms with Gasteiger partial charge in [-0.25, -0.2) is 9.97 Å². The van der Waals surface area contributed by atoms with Gasteiger partial charge in [-0.3, -0.25) is 10.1 Å². The number of nitro groups is 1.